The Bertz CT molecular complexity index is 1280. The van der Waals surface area contributed by atoms with E-state index in [0.29, 0.717) is 40.1 Å². The molecule has 0 saturated carbocycles. The molecule has 0 bridgehead atoms. The minimum atomic E-state index is -0.957. The lowest BCUT2D eigenvalue weighted by atomic mass is 10.2. The SMILES string of the molecule is CCCOc1ccc(NC(=O)C(=O)N/N=C\c2cc(Br)ccc2OCC(=O)Nc2cccc(Cl)c2)cc1. The van der Waals surface area contributed by atoms with Gasteiger partial charge >= 0.3 is 11.8 Å². The Balaban J connectivity index is 1.53. The minimum absolute atomic E-state index is 0.272. The van der Waals surface area contributed by atoms with Gasteiger partial charge in [-0.15, -0.1) is 0 Å². The minimum Gasteiger partial charge on any atom is -0.494 e. The third-order valence-corrected chi connectivity index (χ3v) is 5.33. The Morgan fingerprint density at radius 3 is 2.46 bits per heavy atom. The molecule has 11 heteroatoms. The third-order valence-electron chi connectivity index (χ3n) is 4.60. The standard InChI is InChI=1S/C26H24BrClN4O5/c1-2-12-36-22-9-7-20(8-10-22)31-25(34)26(35)32-29-15-17-13-18(27)6-11-23(17)37-16-24(33)30-21-5-3-4-19(28)14-21/h3-11,13-15H,2,12,16H2,1H3,(H,30,33)(H,31,34)(H,32,35)/b29-15-. The summed E-state index contributed by atoms with van der Waals surface area (Å²) in [6, 6.07) is 18.5. The second-order valence-corrected chi connectivity index (χ2v) is 8.91. The summed E-state index contributed by atoms with van der Waals surface area (Å²) >= 11 is 9.29. The van der Waals surface area contributed by atoms with Crippen LogP contribution in [0, 0.1) is 0 Å². The van der Waals surface area contributed by atoms with E-state index in [2.05, 4.69) is 37.1 Å². The largest absolute Gasteiger partial charge is 0.494 e. The predicted octanol–water partition coefficient (Wildman–Crippen LogP) is 5.00. The molecule has 0 heterocycles. The zero-order valence-electron chi connectivity index (χ0n) is 19.8. The summed E-state index contributed by atoms with van der Waals surface area (Å²) in [4.78, 5) is 36.6. The first kappa shape index (κ1) is 27.7. The maximum Gasteiger partial charge on any atom is 0.329 e. The average Bonchev–Trinajstić information content (AvgIpc) is 2.87. The van der Waals surface area contributed by atoms with Crippen molar-refractivity contribution in [2.75, 3.05) is 23.8 Å². The van der Waals surface area contributed by atoms with Gasteiger partial charge < -0.3 is 20.1 Å². The van der Waals surface area contributed by atoms with E-state index in [1.54, 1.807) is 66.7 Å². The zero-order valence-corrected chi connectivity index (χ0v) is 22.1. The van der Waals surface area contributed by atoms with Crippen LogP contribution >= 0.6 is 27.5 Å². The smallest absolute Gasteiger partial charge is 0.329 e. The van der Waals surface area contributed by atoms with E-state index < -0.39 is 11.8 Å². The molecule has 3 aromatic carbocycles. The quantitative estimate of drug-likeness (QED) is 0.175. The monoisotopic (exact) mass is 586 g/mol. The number of hydrogen-bond acceptors (Lipinski definition) is 6. The van der Waals surface area contributed by atoms with E-state index >= 15 is 0 Å². The molecule has 0 aliphatic rings. The van der Waals surface area contributed by atoms with Crippen LogP contribution in [0.3, 0.4) is 0 Å². The van der Waals surface area contributed by atoms with Crippen LogP contribution in [0.4, 0.5) is 11.4 Å². The molecule has 0 radical (unpaired) electrons. The van der Waals surface area contributed by atoms with Crippen LogP contribution in [-0.4, -0.2) is 37.1 Å². The van der Waals surface area contributed by atoms with Crippen molar-refractivity contribution in [1.82, 2.24) is 5.43 Å². The number of hydrogen-bond donors (Lipinski definition) is 3. The first-order valence-corrected chi connectivity index (χ1v) is 12.4. The highest BCUT2D eigenvalue weighted by Crippen LogP contribution is 2.22. The van der Waals surface area contributed by atoms with E-state index in [1.165, 1.54) is 6.21 Å². The molecular formula is C26H24BrClN4O5. The Morgan fingerprint density at radius 2 is 1.73 bits per heavy atom. The van der Waals surface area contributed by atoms with Crippen LogP contribution in [0.15, 0.2) is 76.3 Å². The van der Waals surface area contributed by atoms with Gasteiger partial charge in [0.15, 0.2) is 6.61 Å². The fourth-order valence-corrected chi connectivity index (χ4v) is 3.48. The van der Waals surface area contributed by atoms with Gasteiger partial charge in [-0.1, -0.05) is 40.5 Å². The van der Waals surface area contributed by atoms with E-state index in [0.717, 1.165) is 10.9 Å². The van der Waals surface area contributed by atoms with Crippen molar-refractivity contribution in [3.63, 3.8) is 0 Å². The summed E-state index contributed by atoms with van der Waals surface area (Å²) in [5.74, 6) is -1.22. The summed E-state index contributed by atoms with van der Waals surface area (Å²) < 4.78 is 11.8. The average molecular weight is 588 g/mol. The van der Waals surface area contributed by atoms with Crippen molar-refractivity contribution in [2.45, 2.75) is 13.3 Å². The first-order valence-electron chi connectivity index (χ1n) is 11.2. The van der Waals surface area contributed by atoms with Gasteiger partial charge in [0.1, 0.15) is 11.5 Å². The molecule has 0 atom stereocenters. The summed E-state index contributed by atoms with van der Waals surface area (Å²) in [5.41, 5.74) is 3.62. The van der Waals surface area contributed by atoms with Gasteiger partial charge in [0.2, 0.25) is 0 Å². The number of anilines is 2. The second-order valence-electron chi connectivity index (χ2n) is 7.56. The molecule has 0 fully saturated rings. The number of carbonyl (C=O) groups is 3. The Morgan fingerprint density at radius 1 is 0.946 bits per heavy atom. The molecule has 0 aliphatic carbocycles. The number of nitrogens with one attached hydrogen (secondary N) is 3. The van der Waals surface area contributed by atoms with Crippen LogP contribution in [0.5, 0.6) is 11.5 Å². The van der Waals surface area contributed by atoms with Gasteiger partial charge in [0.25, 0.3) is 5.91 Å². The van der Waals surface area contributed by atoms with E-state index in [4.69, 9.17) is 21.1 Å². The highest BCUT2D eigenvalue weighted by atomic mass is 79.9. The second kappa shape index (κ2) is 14.0. The van der Waals surface area contributed by atoms with Crippen LogP contribution in [-0.2, 0) is 14.4 Å². The lowest BCUT2D eigenvalue weighted by Crippen LogP contribution is -2.32. The Hall–Kier alpha value is -3.89. The highest BCUT2D eigenvalue weighted by molar-refractivity contribution is 9.10. The van der Waals surface area contributed by atoms with Gasteiger partial charge in [0.05, 0.1) is 12.8 Å². The maximum atomic E-state index is 12.2. The van der Waals surface area contributed by atoms with Gasteiger partial charge in [-0.2, -0.15) is 5.10 Å². The molecule has 0 saturated heterocycles. The van der Waals surface area contributed by atoms with Crippen molar-refractivity contribution in [2.24, 2.45) is 5.10 Å². The Labute approximate surface area is 227 Å². The summed E-state index contributed by atoms with van der Waals surface area (Å²) in [7, 11) is 0. The fraction of sp³-hybridized carbons (Fsp3) is 0.154. The van der Waals surface area contributed by atoms with Crippen molar-refractivity contribution in [3.05, 3.63) is 81.8 Å². The molecule has 0 unspecified atom stereocenters. The number of nitrogens with zero attached hydrogens (tertiary/aromatic N) is 1. The van der Waals surface area contributed by atoms with Crippen LogP contribution in [0.25, 0.3) is 0 Å². The van der Waals surface area contributed by atoms with Crippen molar-refractivity contribution < 1.29 is 23.9 Å². The molecule has 0 aliphatic heterocycles. The fourth-order valence-electron chi connectivity index (χ4n) is 2.91. The molecule has 37 heavy (non-hydrogen) atoms. The molecule has 0 spiro atoms. The normalized spacial score (nSPS) is 10.6. The number of hydrazone groups is 1. The molecule has 9 nitrogen and oxygen atoms in total. The van der Waals surface area contributed by atoms with Gasteiger partial charge in [0, 0.05) is 26.4 Å². The molecular weight excluding hydrogens is 564 g/mol. The van der Waals surface area contributed by atoms with E-state index in [9.17, 15) is 14.4 Å². The summed E-state index contributed by atoms with van der Waals surface area (Å²) in [5, 5.41) is 9.50. The number of rotatable bonds is 10. The topological polar surface area (TPSA) is 118 Å². The van der Waals surface area contributed by atoms with Gasteiger partial charge in [-0.25, -0.2) is 5.43 Å². The highest BCUT2D eigenvalue weighted by Gasteiger charge is 2.13. The van der Waals surface area contributed by atoms with E-state index in [1.807, 2.05) is 6.92 Å². The Kier molecular flexibility index (Phi) is 10.5. The number of carbonyl (C=O) groups excluding carboxylic acids is 3. The summed E-state index contributed by atoms with van der Waals surface area (Å²) in [6.07, 6.45) is 2.19. The molecule has 3 amide bonds. The number of ether oxygens (including phenoxy) is 2. The van der Waals surface area contributed by atoms with Crippen molar-refractivity contribution >= 4 is 62.8 Å². The maximum absolute atomic E-state index is 12.2. The zero-order chi connectivity index (χ0) is 26.6. The van der Waals surface area contributed by atoms with Gasteiger partial charge in [-0.3, -0.25) is 14.4 Å². The van der Waals surface area contributed by atoms with Crippen LogP contribution in [0.2, 0.25) is 5.02 Å². The van der Waals surface area contributed by atoms with E-state index in [-0.39, 0.29) is 12.5 Å². The summed E-state index contributed by atoms with van der Waals surface area (Å²) in [6.45, 7) is 2.32. The number of benzene rings is 3. The van der Waals surface area contributed by atoms with Crippen molar-refractivity contribution in [3.8, 4) is 11.5 Å². The third kappa shape index (κ3) is 9.25. The van der Waals surface area contributed by atoms with Crippen molar-refractivity contribution in [1.29, 1.82) is 0 Å². The molecule has 3 rings (SSSR count). The molecule has 192 valence electrons. The lowest BCUT2D eigenvalue weighted by Gasteiger charge is -2.10. The lowest BCUT2D eigenvalue weighted by molar-refractivity contribution is -0.136. The van der Waals surface area contributed by atoms with Gasteiger partial charge in [-0.05, 0) is 67.1 Å². The molecule has 3 aromatic rings. The number of amides is 3. The molecule has 0 aromatic heterocycles. The first-order chi connectivity index (χ1) is 17.8. The molecule has 3 N–H and O–H groups in total. The number of halogens is 2. The van der Waals surface area contributed by atoms with Crippen LogP contribution in [0.1, 0.15) is 18.9 Å². The predicted molar refractivity (Wildman–Crippen MR) is 146 cm³/mol. The van der Waals surface area contributed by atoms with Crippen LogP contribution < -0.4 is 25.5 Å².